The number of ether oxygens (including phenoxy) is 2. The van der Waals surface area contributed by atoms with Crippen LogP contribution in [0.4, 0.5) is 11.4 Å². The lowest BCUT2D eigenvalue weighted by molar-refractivity contribution is -0.384. The van der Waals surface area contributed by atoms with Gasteiger partial charge in [0.05, 0.1) is 22.8 Å². The van der Waals surface area contributed by atoms with Crippen LogP contribution in [0.25, 0.3) is 6.08 Å². The minimum absolute atomic E-state index is 0.0226. The molecule has 2 aliphatic rings. The molecule has 1 atom stereocenters. The fourth-order valence-corrected chi connectivity index (χ4v) is 4.40. The molecule has 0 aromatic heterocycles. The minimum Gasteiger partial charge on any atom is -0.464 e. The van der Waals surface area contributed by atoms with Crippen LogP contribution < -0.4 is 9.64 Å². The number of nitro benzene ring substituents is 1. The summed E-state index contributed by atoms with van der Waals surface area (Å²) in [7, 11) is 0. The lowest BCUT2D eigenvalue weighted by Gasteiger charge is -2.47. The predicted molar refractivity (Wildman–Crippen MR) is 118 cm³/mol. The second-order valence-corrected chi connectivity index (χ2v) is 8.73. The molecule has 2 aromatic carbocycles. The average molecular weight is 422 g/mol. The van der Waals surface area contributed by atoms with Crippen LogP contribution in [-0.2, 0) is 14.9 Å². The number of anilines is 1. The number of non-ortho nitro benzene ring substituents is 1. The number of hydrogen-bond donors (Lipinski definition) is 0. The summed E-state index contributed by atoms with van der Waals surface area (Å²) < 4.78 is 12.1. The molecule has 162 valence electrons. The number of nitro groups is 1. The van der Waals surface area contributed by atoms with Crippen LogP contribution in [-0.4, -0.2) is 29.8 Å². The maximum absolute atomic E-state index is 12.0. The topological polar surface area (TPSA) is 81.9 Å². The third kappa shape index (κ3) is 3.24. The van der Waals surface area contributed by atoms with Crippen molar-refractivity contribution in [1.82, 2.24) is 0 Å². The van der Waals surface area contributed by atoms with Crippen LogP contribution in [0.3, 0.4) is 0 Å². The Morgan fingerprint density at radius 1 is 1.23 bits per heavy atom. The number of rotatable bonds is 5. The van der Waals surface area contributed by atoms with Gasteiger partial charge in [-0.05, 0) is 43.7 Å². The Balaban J connectivity index is 1.73. The summed E-state index contributed by atoms with van der Waals surface area (Å²) in [5.41, 5.74) is 1.54. The van der Waals surface area contributed by atoms with Gasteiger partial charge < -0.3 is 14.4 Å². The molecule has 0 unspecified atom stereocenters. The first kappa shape index (κ1) is 20.9. The molecule has 2 aromatic rings. The molecule has 4 rings (SSSR count). The van der Waals surface area contributed by atoms with Crippen molar-refractivity contribution in [3.05, 3.63) is 69.8 Å². The smallest absolute Gasteiger partial charge is 0.308 e. The van der Waals surface area contributed by atoms with Gasteiger partial charge in [-0.3, -0.25) is 14.9 Å². The molecule has 0 saturated carbocycles. The van der Waals surface area contributed by atoms with Crippen LogP contribution in [0.2, 0.25) is 0 Å². The zero-order valence-corrected chi connectivity index (χ0v) is 18.1. The molecule has 0 aliphatic carbocycles. The van der Waals surface area contributed by atoms with Crippen molar-refractivity contribution in [2.24, 2.45) is 5.92 Å². The molecule has 0 N–H and O–H groups in total. The highest BCUT2D eigenvalue weighted by atomic mass is 16.6. The fourth-order valence-electron chi connectivity index (χ4n) is 4.40. The number of nitrogens with zero attached hydrogens (tertiary/aromatic N) is 2. The second-order valence-electron chi connectivity index (χ2n) is 8.73. The number of benzene rings is 2. The van der Waals surface area contributed by atoms with Crippen LogP contribution in [0.1, 0.15) is 38.8 Å². The largest absolute Gasteiger partial charge is 0.464 e. The SMILES string of the molecule is CC(C)C(=O)OCCN1c2ccccc2C(C)(C)[C@@]12C=Cc1cc([N+](=O)[O-])ccc1O2. The van der Waals surface area contributed by atoms with E-state index in [2.05, 4.69) is 24.8 Å². The van der Waals surface area contributed by atoms with Gasteiger partial charge in [0.2, 0.25) is 5.72 Å². The first-order chi connectivity index (χ1) is 14.7. The Hall–Kier alpha value is -3.35. The molecule has 0 bridgehead atoms. The van der Waals surface area contributed by atoms with Gasteiger partial charge in [0.15, 0.2) is 0 Å². The third-order valence-corrected chi connectivity index (χ3v) is 6.15. The average Bonchev–Trinajstić information content (AvgIpc) is 2.92. The van der Waals surface area contributed by atoms with Crippen LogP contribution in [0.15, 0.2) is 48.5 Å². The van der Waals surface area contributed by atoms with Gasteiger partial charge in [-0.15, -0.1) is 0 Å². The van der Waals surface area contributed by atoms with E-state index in [1.165, 1.54) is 12.1 Å². The van der Waals surface area contributed by atoms with E-state index in [9.17, 15) is 14.9 Å². The molecule has 7 nitrogen and oxygen atoms in total. The molecular formula is C24H26N2O5. The van der Waals surface area contributed by atoms with Gasteiger partial charge in [-0.2, -0.15) is 0 Å². The first-order valence-corrected chi connectivity index (χ1v) is 10.4. The molecule has 0 amide bonds. The maximum atomic E-state index is 12.0. The number of para-hydroxylation sites is 1. The van der Waals surface area contributed by atoms with Crippen molar-refractivity contribution in [1.29, 1.82) is 0 Å². The Morgan fingerprint density at radius 3 is 2.68 bits per heavy atom. The van der Waals surface area contributed by atoms with E-state index in [0.29, 0.717) is 17.9 Å². The number of fused-ring (bicyclic) bond motifs is 2. The molecule has 0 saturated heterocycles. The van der Waals surface area contributed by atoms with E-state index in [0.717, 1.165) is 11.3 Å². The molecule has 1 spiro atoms. The normalized spacial score (nSPS) is 20.4. The van der Waals surface area contributed by atoms with Gasteiger partial charge >= 0.3 is 5.97 Å². The lowest BCUT2D eigenvalue weighted by atomic mass is 9.76. The quantitative estimate of drug-likeness (QED) is 0.395. The van der Waals surface area contributed by atoms with E-state index in [1.807, 2.05) is 30.4 Å². The molecule has 31 heavy (non-hydrogen) atoms. The monoisotopic (exact) mass is 422 g/mol. The first-order valence-electron chi connectivity index (χ1n) is 10.4. The Bertz CT molecular complexity index is 1080. The van der Waals surface area contributed by atoms with Crippen LogP contribution in [0, 0.1) is 16.0 Å². The van der Waals surface area contributed by atoms with Crippen molar-refractivity contribution >= 4 is 23.4 Å². The van der Waals surface area contributed by atoms with Crippen molar-refractivity contribution in [3.63, 3.8) is 0 Å². The van der Waals surface area contributed by atoms with Crippen molar-refractivity contribution in [2.75, 3.05) is 18.1 Å². The maximum Gasteiger partial charge on any atom is 0.308 e. The summed E-state index contributed by atoms with van der Waals surface area (Å²) in [5.74, 6) is 0.154. The summed E-state index contributed by atoms with van der Waals surface area (Å²) in [5, 5.41) is 11.2. The number of hydrogen-bond acceptors (Lipinski definition) is 6. The lowest BCUT2D eigenvalue weighted by Crippen LogP contribution is -2.60. The van der Waals surface area contributed by atoms with Gasteiger partial charge in [0.25, 0.3) is 5.69 Å². The van der Waals surface area contributed by atoms with E-state index < -0.39 is 16.1 Å². The number of carbonyl (C=O) groups is 1. The van der Waals surface area contributed by atoms with Crippen LogP contribution >= 0.6 is 0 Å². The standard InChI is InChI=1S/C24H26N2O5/c1-16(2)22(27)30-14-13-25-20-8-6-5-7-19(20)23(3,4)24(25)12-11-17-15-18(26(28)29)9-10-21(17)31-24/h5-12,15-16H,13-14H2,1-4H3/t24-/m0/s1. The van der Waals surface area contributed by atoms with E-state index in [1.54, 1.807) is 19.9 Å². The highest BCUT2D eigenvalue weighted by Gasteiger charge is 2.58. The predicted octanol–water partition coefficient (Wildman–Crippen LogP) is 4.69. The number of carbonyl (C=O) groups excluding carboxylic acids is 1. The molecule has 2 aliphatic heterocycles. The van der Waals surface area contributed by atoms with E-state index in [-0.39, 0.29) is 24.2 Å². The van der Waals surface area contributed by atoms with Crippen LogP contribution in [0.5, 0.6) is 5.75 Å². The Kier molecular flexibility index (Phi) is 5.00. The van der Waals surface area contributed by atoms with Gasteiger partial charge in [-0.25, -0.2) is 0 Å². The summed E-state index contributed by atoms with van der Waals surface area (Å²) in [6.45, 7) is 8.53. The summed E-state index contributed by atoms with van der Waals surface area (Å²) in [4.78, 5) is 24.8. The number of esters is 1. The summed E-state index contributed by atoms with van der Waals surface area (Å²) in [6.07, 6.45) is 3.84. The van der Waals surface area contributed by atoms with E-state index in [4.69, 9.17) is 9.47 Å². The Labute approximate surface area is 181 Å². The molecule has 7 heteroatoms. The van der Waals surface area contributed by atoms with Crippen molar-refractivity contribution in [2.45, 2.75) is 38.8 Å². The highest BCUT2D eigenvalue weighted by molar-refractivity contribution is 5.74. The van der Waals surface area contributed by atoms with Crippen molar-refractivity contribution < 1.29 is 19.2 Å². The molecule has 2 heterocycles. The van der Waals surface area contributed by atoms with Crippen molar-refractivity contribution in [3.8, 4) is 5.75 Å². The molecule has 0 radical (unpaired) electrons. The molecule has 0 fully saturated rings. The Morgan fingerprint density at radius 2 is 1.97 bits per heavy atom. The van der Waals surface area contributed by atoms with Gasteiger partial charge in [0, 0.05) is 23.4 Å². The zero-order chi connectivity index (χ0) is 22.4. The minimum atomic E-state index is -0.857. The fraction of sp³-hybridized carbons (Fsp3) is 0.375. The van der Waals surface area contributed by atoms with Gasteiger partial charge in [0.1, 0.15) is 12.4 Å². The molecular weight excluding hydrogens is 396 g/mol. The summed E-state index contributed by atoms with van der Waals surface area (Å²) in [6, 6.07) is 12.7. The van der Waals surface area contributed by atoms with Gasteiger partial charge in [-0.1, -0.05) is 32.0 Å². The zero-order valence-electron chi connectivity index (χ0n) is 18.1. The summed E-state index contributed by atoms with van der Waals surface area (Å²) >= 11 is 0. The highest BCUT2D eigenvalue weighted by Crippen LogP contribution is 2.54. The third-order valence-electron chi connectivity index (χ3n) is 6.15. The van der Waals surface area contributed by atoms with E-state index >= 15 is 0 Å². The second kappa shape index (κ2) is 7.41.